The monoisotopic (exact) mass is 539 g/mol. The topological polar surface area (TPSA) is 84.3 Å². The summed E-state index contributed by atoms with van der Waals surface area (Å²) < 4.78 is 63.5. The van der Waals surface area contributed by atoms with Crippen LogP contribution in [-0.2, 0) is 9.59 Å². The van der Waals surface area contributed by atoms with Crippen LogP contribution in [0.25, 0.3) is 0 Å². The summed E-state index contributed by atoms with van der Waals surface area (Å²) in [5, 5.41) is 14.2. The van der Waals surface area contributed by atoms with Crippen LogP contribution in [0.4, 0.5) is 26.3 Å². The van der Waals surface area contributed by atoms with E-state index in [2.05, 4.69) is 33.4 Å². The van der Waals surface area contributed by atoms with Gasteiger partial charge in [0.2, 0.25) is 0 Å². The Morgan fingerprint density at radius 2 is 1.09 bits per heavy atom. The maximum absolute atomic E-state index is 10.6. The van der Waals surface area contributed by atoms with Gasteiger partial charge in [-0.3, -0.25) is 4.90 Å². The molecule has 7 nitrogen and oxygen atoms in total. The van der Waals surface area contributed by atoms with E-state index in [9.17, 15) is 26.3 Å². The highest BCUT2D eigenvalue weighted by Gasteiger charge is 2.39. The molecule has 3 aliphatic heterocycles. The number of nitrogens with zero attached hydrogens (tertiary/aromatic N) is 3. The average molecular weight is 540 g/mol. The summed E-state index contributed by atoms with van der Waals surface area (Å²) in [4.78, 5) is 26.0. The molecular formula is C21H35F6N3O4S. The number of aliphatic carboxylic acids is 2. The molecular weight excluding hydrogens is 504 g/mol. The highest BCUT2D eigenvalue weighted by molar-refractivity contribution is 7.99. The van der Waals surface area contributed by atoms with Crippen LogP contribution in [0.5, 0.6) is 0 Å². The number of thioether (sulfide) groups is 1. The van der Waals surface area contributed by atoms with Gasteiger partial charge in [0, 0.05) is 36.7 Å². The third kappa shape index (κ3) is 12.5. The van der Waals surface area contributed by atoms with E-state index in [1.165, 1.54) is 89.4 Å². The predicted octanol–water partition coefficient (Wildman–Crippen LogP) is 3.64. The highest BCUT2D eigenvalue weighted by atomic mass is 32.2. The normalized spacial score (nSPS) is 21.9. The smallest absolute Gasteiger partial charge is 0.475 e. The zero-order chi connectivity index (χ0) is 26.6. The summed E-state index contributed by atoms with van der Waals surface area (Å²) >= 11 is 2.13. The molecule has 0 aromatic carbocycles. The molecule has 0 spiro atoms. The first-order valence-electron chi connectivity index (χ1n) is 11.6. The lowest BCUT2D eigenvalue weighted by molar-refractivity contribution is -0.193. The maximum Gasteiger partial charge on any atom is 0.490 e. The fourth-order valence-corrected chi connectivity index (χ4v) is 5.31. The summed E-state index contributed by atoms with van der Waals surface area (Å²) in [5.41, 5.74) is 0. The van der Waals surface area contributed by atoms with Crippen LogP contribution in [0.1, 0.15) is 39.0 Å². The summed E-state index contributed by atoms with van der Waals surface area (Å²) in [6.07, 6.45) is -3.21. The number of alkyl halides is 6. The van der Waals surface area contributed by atoms with Gasteiger partial charge in [-0.25, -0.2) is 9.59 Å². The van der Waals surface area contributed by atoms with Crippen molar-refractivity contribution < 1.29 is 46.1 Å². The third-order valence-corrected chi connectivity index (χ3v) is 7.10. The average Bonchev–Trinajstić information content (AvgIpc) is 2.80. The van der Waals surface area contributed by atoms with E-state index in [4.69, 9.17) is 19.8 Å². The van der Waals surface area contributed by atoms with E-state index < -0.39 is 24.3 Å². The Bertz CT molecular complexity index is 608. The Hall–Kier alpha value is -1.25. The zero-order valence-electron chi connectivity index (χ0n) is 19.8. The first kappa shape index (κ1) is 31.8. The van der Waals surface area contributed by atoms with Crippen LogP contribution in [0, 0.1) is 0 Å². The SMILES string of the molecule is CCCN1CCC(N2CCC(N3CCSCC3)CC2)CC1.O=C(O)C(F)(F)F.O=C(O)C(F)(F)F. The van der Waals surface area contributed by atoms with Crippen LogP contribution >= 0.6 is 11.8 Å². The van der Waals surface area contributed by atoms with Gasteiger partial charge >= 0.3 is 24.3 Å². The van der Waals surface area contributed by atoms with Crippen molar-refractivity contribution >= 4 is 23.7 Å². The Morgan fingerprint density at radius 3 is 1.43 bits per heavy atom. The van der Waals surface area contributed by atoms with E-state index in [-0.39, 0.29) is 0 Å². The van der Waals surface area contributed by atoms with Crippen LogP contribution < -0.4 is 0 Å². The molecule has 0 amide bonds. The number of piperidine rings is 2. The molecule has 0 saturated carbocycles. The van der Waals surface area contributed by atoms with Gasteiger partial charge in [-0.2, -0.15) is 38.1 Å². The van der Waals surface area contributed by atoms with E-state index >= 15 is 0 Å². The standard InChI is InChI=1S/C17H33N3S.2C2HF3O2/c1-2-7-18-8-3-16(4-9-18)19-10-5-17(6-11-19)20-12-14-21-15-13-20;2*3-2(4,5)1(6)7/h16-17H,2-15H2,1H3;2*(H,6,7). The van der Waals surface area contributed by atoms with Gasteiger partial charge in [0.05, 0.1) is 0 Å². The Balaban J connectivity index is 0.000000362. The van der Waals surface area contributed by atoms with Crippen LogP contribution in [0.2, 0.25) is 0 Å². The Labute approximate surface area is 205 Å². The van der Waals surface area contributed by atoms with E-state index in [1.807, 2.05) is 0 Å². The molecule has 2 N–H and O–H groups in total. The minimum atomic E-state index is -5.08. The molecule has 0 bridgehead atoms. The number of halogens is 6. The first-order valence-corrected chi connectivity index (χ1v) is 12.8. The number of carbonyl (C=O) groups is 2. The minimum absolute atomic E-state index is 0.885. The summed E-state index contributed by atoms with van der Waals surface area (Å²) in [6.45, 7) is 11.7. The van der Waals surface area contributed by atoms with Gasteiger partial charge in [0.1, 0.15) is 0 Å². The maximum atomic E-state index is 10.6. The second-order valence-electron chi connectivity index (χ2n) is 8.59. The van der Waals surface area contributed by atoms with E-state index in [1.54, 1.807) is 0 Å². The molecule has 0 aromatic rings. The van der Waals surface area contributed by atoms with Crippen molar-refractivity contribution in [2.45, 2.75) is 63.5 Å². The molecule has 35 heavy (non-hydrogen) atoms. The summed E-state index contributed by atoms with van der Waals surface area (Å²) in [6, 6.07) is 1.78. The molecule has 206 valence electrons. The van der Waals surface area contributed by atoms with Crippen molar-refractivity contribution in [2.24, 2.45) is 0 Å². The lowest BCUT2D eigenvalue weighted by atomic mass is 9.97. The van der Waals surface area contributed by atoms with Crippen molar-refractivity contribution in [1.82, 2.24) is 14.7 Å². The number of carboxylic acids is 2. The second kappa shape index (κ2) is 15.1. The second-order valence-corrected chi connectivity index (χ2v) is 9.82. The molecule has 3 heterocycles. The quantitative estimate of drug-likeness (QED) is 0.524. The fraction of sp³-hybridized carbons (Fsp3) is 0.905. The van der Waals surface area contributed by atoms with Crippen LogP contribution in [0.3, 0.4) is 0 Å². The molecule has 0 atom stereocenters. The minimum Gasteiger partial charge on any atom is -0.475 e. The Morgan fingerprint density at radius 1 is 0.743 bits per heavy atom. The zero-order valence-corrected chi connectivity index (χ0v) is 20.6. The van der Waals surface area contributed by atoms with Crippen molar-refractivity contribution in [3.8, 4) is 0 Å². The predicted molar refractivity (Wildman–Crippen MR) is 121 cm³/mol. The molecule has 0 unspecified atom stereocenters. The van der Waals surface area contributed by atoms with Crippen molar-refractivity contribution in [1.29, 1.82) is 0 Å². The summed E-state index contributed by atoms with van der Waals surface area (Å²) in [5.74, 6) is -2.80. The van der Waals surface area contributed by atoms with Gasteiger partial charge in [0.15, 0.2) is 0 Å². The molecule has 0 aromatic heterocycles. The molecule has 0 radical (unpaired) electrons. The lowest BCUT2D eigenvalue weighted by Gasteiger charge is -2.44. The van der Waals surface area contributed by atoms with Gasteiger partial charge in [-0.1, -0.05) is 6.92 Å². The van der Waals surface area contributed by atoms with Gasteiger partial charge in [-0.15, -0.1) is 0 Å². The van der Waals surface area contributed by atoms with Crippen molar-refractivity contribution in [3.63, 3.8) is 0 Å². The first-order chi connectivity index (χ1) is 16.3. The Kier molecular flexibility index (Phi) is 13.7. The van der Waals surface area contributed by atoms with Crippen LogP contribution in [0.15, 0.2) is 0 Å². The van der Waals surface area contributed by atoms with Crippen molar-refractivity contribution in [2.75, 3.05) is 57.3 Å². The summed E-state index contributed by atoms with van der Waals surface area (Å²) in [7, 11) is 0. The number of likely N-dealkylation sites (tertiary alicyclic amines) is 2. The number of hydrogen-bond donors (Lipinski definition) is 2. The molecule has 3 saturated heterocycles. The number of hydrogen-bond acceptors (Lipinski definition) is 6. The lowest BCUT2D eigenvalue weighted by Crippen LogP contribution is -2.52. The molecule has 14 heteroatoms. The number of carboxylic acid groups (broad SMARTS) is 2. The molecule has 3 rings (SSSR count). The van der Waals surface area contributed by atoms with Crippen molar-refractivity contribution in [3.05, 3.63) is 0 Å². The van der Waals surface area contributed by atoms with E-state index in [0.29, 0.717) is 0 Å². The van der Waals surface area contributed by atoms with E-state index in [0.717, 1.165) is 12.1 Å². The van der Waals surface area contributed by atoms with Gasteiger partial charge in [0.25, 0.3) is 0 Å². The highest BCUT2D eigenvalue weighted by Crippen LogP contribution is 2.25. The van der Waals surface area contributed by atoms with Gasteiger partial charge < -0.3 is 20.0 Å². The fourth-order valence-electron chi connectivity index (χ4n) is 4.38. The largest absolute Gasteiger partial charge is 0.490 e. The number of rotatable bonds is 4. The van der Waals surface area contributed by atoms with Gasteiger partial charge in [-0.05, 0) is 64.8 Å². The molecule has 0 aliphatic carbocycles. The van der Waals surface area contributed by atoms with Crippen LogP contribution in [-0.4, -0.2) is 119 Å². The molecule has 3 aliphatic rings. The third-order valence-electron chi connectivity index (χ3n) is 6.16. The molecule has 3 fully saturated rings.